The fourth-order valence-electron chi connectivity index (χ4n) is 3.05. The molecule has 2 aromatic carbocycles. The zero-order valence-electron chi connectivity index (χ0n) is 17.5. The number of aromatic carboxylic acids is 1. The second-order valence-corrected chi connectivity index (χ2v) is 7.58. The van der Waals surface area contributed by atoms with Gasteiger partial charge in [0.25, 0.3) is 0 Å². The van der Waals surface area contributed by atoms with Crippen LogP contribution in [0.15, 0.2) is 60.8 Å². The van der Waals surface area contributed by atoms with Gasteiger partial charge in [-0.3, -0.25) is 4.79 Å². The second kappa shape index (κ2) is 11.9. The lowest BCUT2D eigenvalue weighted by Gasteiger charge is -2.14. The van der Waals surface area contributed by atoms with Gasteiger partial charge in [0.05, 0.1) is 11.7 Å². The topological polar surface area (TPSA) is 91.6 Å². The fourth-order valence-corrected chi connectivity index (χ4v) is 3.05. The van der Waals surface area contributed by atoms with Gasteiger partial charge in [0, 0.05) is 35.8 Å². The monoisotopic (exact) mass is 410 g/mol. The molecule has 0 spiro atoms. The minimum absolute atomic E-state index is 0.331. The number of aromatic nitrogens is 1. The van der Waals surface area contributed by atoms with Crippen LogP contribution in [-0.2, 0) is 6.54 Å². The lowest BCUT2D eigenvalue weighted by molar-refractivity contribution is 0.0696. The minimum Gasteiger partial charge on any atom is -0.478 e. The number of nitrogens with one attached hydrogen (secondary N) is 1. The van der Waals surface area contributed by atoms with E-state index in [2.05, 4.69) is 19.2 Å². The molecule has 1 aromatic heterocycles. The molecule has 3 N–H and O–H groups in total. The fraction of sp³-hybridized carbons (Fsp3) is 0.333. The van der Waals surface area contributed by atoms with E-state index < -0.39 is 12.1 Å². The van der Waals surface area contributed by atoms with Crippen LogP contribution in [0.25, 0.3) is 10.9 Å². The predicted molar refractivity (Wildman–Crippen MR) is 119 cm³/mol. The minimum atomic E-state index is -0.879. The van der Waals surface area contributed by atoms with Crippen molar-refractivity contribution in [2.75, 3.05) is 13.1 Å². The highest BCUT2D eigenvalue weighted by molar-refractivity contribution is 5.97. The van der Waals surface area contributed by atoms with Gasteiger partial charge in [0.15, 0.2) is 6.29 Å². The molecule has 0 saturated carbocycles. The van der Waals surface area contributed by atoms with Gasteiger partial charge in [-0.25, -0.2) is 4.79 Å². The highest BCUT2D eigenvalue weighted by Crippen LogP contribution is 2.20. The molecule has 0 saturated heterocycles. The van der Waals surface area contributed by atoms with Crippen LogP contribution in [-0.4, -0.2) is 46.2 Å². The van der Waals surface area contributed by atoms with E-state index >= 15 is 0 Å². The molecule has 0 aliphatic carbocycles. The number of hydrogen-bond acceptors (Lipinski definition) is 4. The van der Waals surface area contributed by atoms with Gasteiger partial charge in [-0.1, -0.05) is 50.2 Å². The first-order chi connectivity index (χ1) is 14.4. The van der Waals surface area contributed by atoms with Crippen molar-refractivity contribution in [1.82, 2.24) is 9.88 Å². The number of hydrogen-bond donors (Lipinski definition) is 3. The van der Waals surface area contributed by atoms with Crippen molar-refractivity contribution < 1.29 is 19.8 Å². The number of rotatable bonds is 9. The average molecular weight is 411 g/mol. The normalized spacial score (nSPS) is 11.7. The van der Waals surface area contributed by atoms with E-state index in [0.29, 0.717) is 30.1 Å². The number of benzene rings is 2. The number of aliphatic hydroxyl groups excluding tert-OH is 1. The first kappa shape index (κ1) is 23.3. The summed E-state index contributed by atoms with van der Waals surface area (Å²) in [5.74, 6) is -0.214. The standard InChI is InChI=1S/C17H24N2O2.C7H6O2/c1-13(2)7-8-18-9-15(21)11-19-10-14(12-20)16-5-3-4-6-17(16)19;8-7(9)6-4-2-1-3-5-6/h3-6,10,12-13,15,18,21H,7-9,11H2,1-2H3;1-5H,(H,8,9). The first-order valence-electron chi connectivity index (χ1n) is 10.1. The third-order valence-corrected chi connectivity index (χ3v) is 4.65. The zero-order valence-corrected chi connectivity index (χ0v) is 17.5. The number of aldehydes is 1. The number of fused-ring (bicyclic) bond motifs is 1. The highest BCUT2D eigenvalue weighted by atomic mass is 16.4. The summed E-state index contributed by atoms with van der Waals surface area (Å²) in [6, 6.07) is 16.1. The lowest BCUT2D eigenvalue weighted by atomic mass is 10.1. The lowest BCUT2D eigenvalue weighted by Crippen LogP contribution is -2.31. The van der Waals surface area contributed by atoms with Crippen LogP contribution in [0, 0.1) is 5.92 Å². The Labute approximate surface area is 177 Å². The van der Waals surface area contributed by atoms with Gasteiger partial charge < -0.3 is 20.1 Å². The van der Waals surface area contributed by atoms with Crippen molar-refractivity contribution >= 4 is 23.2 Å². The van der Waals surface area contributed by atoms with Crippen molar-refractivity contribution in [3.05, 3.63) is 71.9 Å². The summed E-state index contributed by atoms with van der Waals surface area (Å²) in [4.78, 5) is 21.3. The summed E-state index contributed by atoms with van der Waals surface area (Å²) < 4.78 is 1.95. The van der Waals surface area contributed by atoms with E-state index in [9.17, 15) is 14.7 Å². The van der Waals surface area contributed by atoms with Gasteiger partial charge in [-0.2, -0.15) is 0 Å². The third-order valence-electron chi connectivity index (χ3n) is 4.65. The quantitative estimate of drug-likeness (QED) is 0.368. The first-order valence-corrected chi connectivity index (χ1v) is 10.1. The van der Waals surface area contributed by atoms with Gasteiger partial charge >= 0.3 is 5.97 Å². The molecule has 1 unspecified atom stereocenters. The Morgan fingerprint density at radius 2 is 1.77 bits per heavy atom. The number of carboxylic acid groups (broad SMARTS) is 1. The Morgan fingerprint density at radius 3 is 2.37 bits per heavy atom. The van der Waals surface area contributed by atoms with Crippen LogP contribution in [0.3, 0.4) is 0 Å². The molecule has 30 heavy (non-hydrogen) atoms. The summed E-state index contributed by atoms with van der Waals surface area (Å²) in [6.45, 7) is 6.34. The third kappa shape index (κ3) is 7.13. The highest BCUT2D eigenvalue weighted by Gasteiger charge is 2.11. The van der Waals surface area contributed by atoms with Gasteiger partial charge in [0.2, 0.25) is 0 Å². The van der Waals surface area contributed by atoms with E-state index in [-0.39, 0.29) is 0 Å². The summed E-state index contributed by atoms with van der Waals surface area (Å²) in [5.41, 5.74) is 1.99. The Balaban J connectivity index is 0.000000297. The Kier molecular flexibility index (Phi) is 9.25. The Morgan fingerprint density at radius 1 is 1.10 bits per heavy atom. The molecule has 1 atom stereocenters. The van der Waals surface area contributed by atoms with Crippen molar-refractivity contribution in [1.29, 1.82) is 0 Å². The molecular formula is C24H30N2O4. The molecule has 160 valence electrons. The molecule has 6 nitrogen and oxygen atoms in total. The SMILES string of the molecule is CC(C)CCNCC(O)Cn1cc(C=O)c2ccccc21.O=C(O)c1ccccc1. The molecule has 0 bridgehead atoms. The molecular weight excluding hydrogens is 380 g/mol. The summed E-state index contributed by atoms with van der Waals surface area (Å²) >= 11 is 0. The molecule has 1 heterocycles. The number of aliphatic hydroxyl groups is 1. The number of nitrogens with zero attached hydrogens (tertiary/aromatic N) is 1. The summed E-state index contributed by atoms with van der Waals surface area (Å²) in [6.07, 6.45) is 3.32. The molecule has 6 heteroatoms. The molecule has 0 fully saturated rings. The van der Waals surface area contributed by atoms with Gasteiger partial charge in [-0.15, -0.1) is 0 Å². The van der Waals surface area contributed by atoms with E-state index in [1.54, 1.807) is 30.3 Å². The number of para-hydroxylation sites is 1. The van der Waals surface area contributed by atoms with Crippen molar-refractivity contribution in [3.63, 3.8) is 0 Å². The largest absolute Gasteiger partial charge is 0.478 e. The molecule has 3 rings (SSSR count). The van der Waals surface area contributed by atoms with Crippen molar-refractivity contribution in [2.24, 2.45) is 5.92 Å². The number of carbonyl (C=O) groups is 2. The van der Waals surface area contributed by atoms with Crippen molar-refractivity contribution in [3.8, 4) is 0 Å². The Bertz CT molecular complexity index is 935. The van der Waals surface area contributed by atoms with Crippen LogP contribution in [0.5, 0.6) is 0 Å². The molecule has 3 aromatic rings. The van der Waals surface area contributed by atoms with Gasteiger partial charge in [-0.05, 0) is 37.1 Å². The van der Waals surface area contributed by atoms with Crippen LogP contribution < -0.4 is 5.32 Å². The van der Waals surface area contributed by atoms with E-state index in [1.165, 1.54) is 0 Å². The van der Waals surface area contributed by atoms with Crippen LogP contribution in [0.4, 0.5) is 0 Å². The molecule has 0 amide bonds. The second-order valence-electron chi connectivity index (χ2n) is 7.58. The summed E-state index contributed by atoms with van der Waals surface area (Å²) in [5, 5.41) is 22.7. The Hall–Kier alpha value is -2.96. The maximum atomic E-state index is 11.1. The summed E-state index contributed by atoms with van der Waals surface area (Å²) in [7, 11) is 0. The van der Waals surface area contributed by atoms with Crippen LogP contribution in [0.2, 0.25) is 0 Å². The molecule has 0 radical (unpaired) electrons. The van der Waals surface area contributed by atoms with Gasteiger partial charge in [0.1, 0.15) is 0 Å². The molecule has 0 aliphatic rings. The average Bonchev–Trinajstić information content (AvgIpc) is 3.10. The maximum absolute atomic E-state index is 11.1. The van der Waals surface area contributed by atoms with Crippen LogP contribution >= 0.6 is 0 Å². The maximum Gasteiger partial charge on any atom is 0.335 e. The number of carbonyl (C=O) groups excluding carboxylic acids is 1. The van der Waals surface area contributed by atoms with Crippen LogP contribution in [0.1, 0.15) is 41.0 Å². The van der Waals surface area contributed by atoms with E-state index in [0.717, 1.165) is 30.2 Å². The molecule has 0 aliphatic heterocycles. The van der Waals surface area contributed by atoms with Crippen molar-refractivity contribution in [2.45, 2.75) is 32.9 Å². The zero-order chi connectivity index (χ0) is 21.9. The smallest absolute Gasteiger partial charge is 0.335 e. The van der Waals surface area contributed by atoms with E-state index in [1.807, 2.05) is 35.0 Å². The van der Waals surface area contributed by atoms with E-state index in [4.69, 9.17) is 5.11 Å². The number of carboxylic acids is 1. The predicted octanol–water partition coefficient (Wildman–Crippen LogP) is 3.84.